The first-order chi connectivity index (χ1) is 10.1. The highest BCUT2D eigenvalue weighted by Gasteiger charge is 2.15. The van der Waals surface area contributed by atoms with Gasteiger partial charge >= 0.3 is 0 Å². The van der Waals surface area contributed by atoms with Crippen molar-refractivity contribution in [3.05, 3.63) is 54.4 Å². The highest BCUT2D eigenvalue weighted by Crippen LogP contribution is 2.17. The van der Waals surface area contributed by atoms with Crippen LogP contribution in [0.15, 0.2) is 43.0 Å². The summed E-state index contributed by atoms with van der Waals surface area (Å²) < 4.78 is 3.44. The molecule has 2 N–H and O–H groups in total. The van der Waals surface area contributed by atoms with Crippen molar-refractivity contribution in [1.29, 1.82) is 0 Å². The third-order valence-corrected chi connectivity index (χ3v) is 3.19. The van der Waals surface area contributed by atoms with Crippen LogP contribution in [0.5, 0.6) is 0 Å². The maximum Gasteiger partial charge on any atom is 0.267 e. The van der Waals surface area contributed by atoms with Crippen LogP contribution in [0.3, 0.4) is 0 Å². The molecule has 106 valence electrons. The van der Waals surface area contributed by atoms with Crippen molar-refractivity contribution in [3.63, 3.8) is 0 Å². The second-order valence-corrected chi connectivity index (χ2v) is 4.65. The van der Waals surface area contributed by atoms with E-state index >= 15 is 0 Å². The fourth-order valence-electron chi connectivity index (χ4n) is 2.07. The number of hydrogen-bond acceptors (Lipinski definition) is 4. The summed E-state index contributed by atoms with van der Waals surface area (Å²) in [7, 11) is 1.88. The van der Waals surface area contributed by atoms with Crippen LogP contribution in [0.25, 0.3) is 11.4 Å². The van der Waals surface area contributed by atoms with Crippen LogP contribution in [0.2, 0.25) is 0 Å². The van der Waals surface area contributed by atoms with Crippen LogP contribution in [0, 0.1) is 0 Å². The molecule has 0 radical (unpaired) electrons. The zero-order chi connectivity index (χ0) is 14.8. The van der Waals surface area contributed by atoms with Crippen LogP contribution in [0.1, 0.15) is 16.2 Å². The molecule has 0 fully saturated rings. The monoisotopic (exact) mass is 282 g/mol. The SMILES string of the molecule is Cn1cncc1Cn1nc(-c2ccccn2)cc1C(N)=O. The average Bonchev–Trinajstić information content (AvgIpc) is 3.08. The Bertz CT molecular complexity index is 774. The number of rotatable bonds is 4. The van der Waals surface area contributed by atoms with Gasteiger partial charge in [-0.2, -0.15) is 5.10 Å². The summed E-state index contributed by atoms with van der Waals surface area (Å²) in [5.74, 6) is -0.521. The number of carbonyl (C=O) groups excluding carboxylic acids is 1. The summed E-state index contributed by atoms with van der Waals surface area (Å²) in [6.07, 6.45) is 5.11. The third-order valence-electron chi connectivity index (χ3n) is 3.19. The lowest BCUT2D eigenvalue weighted by molar-refractivity contribution is 0.0990. The molecule has 0 saturated carbocycles. The van der Waals surface area contributed by atoms with Gasteiger partial charge in [0.1, 0.15) is 11.4 Å². The predicted octanol–water partition coefficient (Wildman–Crippen LogP) is 0.826. The standard InChI is InChI=1S/C14H14N6O/c1-19-9-16-7-10(19)8-20-13(14(15)21)6-12(18-20)11-4-2-3-5-17-11/h2-7,9H,8H2,1H3,(H2,15,21). The minimum Gasteiger partial charge on any atom is -0.364 e. The van der Waals surface area contributed by atoms with Gasteiger partial charge in [-0.25, -0.2) is 4.98 Å². The third kappa shape index (κ3) is 2.53. The summed E-state index contributed by atoms with van der Waals surface area (Å²) in [6.45, 7) is 0.418. The van der Waals surface area contributed by atoms with E-state index < -0.39 is 5.91 Å². The number of nitrogens with two attached hydrogens (primary N) is 1. The predicted molar refractivity (Wildman–Crippen MR) is 76.3 cm³/mol. The summed E-state index contributed by atoms with van der Waals surface area (Å²) in [5.41, 5.74) is 8.01. The summed E-state index contributed by atoms with van der Waals surface area (Å²) >= 11 is 0. The number of carbonyl (C=O) groups is 1. The molecule has 0 aliphatic carbocycles. The Morgan fingerprint density at radius 3 is 2.81 bits per heavy atom. The van der Waals surface area contributed by atoms with Gasteiger partial charge in [0.05, 0.1) is 30.5 Å². The van der Waals surface area contributed by atoms with Gasteiger partial charge < -0.3 is 10.3 Å². The van der Waals surface area contributed by atoms with Gasteiger partial charge in [0, 0.05) is 13.2 Å². The molecule has 7 heteroatoms. The van der Waals surface area contributed by atoms with E-state index in [0.717, 1.165) is 5.69 Å². The average molecular weight is 282 g/mol. The lowest BCUT2D eigenvalue weighted by atomic mass is 10.2. The highest BCUT2D eigenvalue weighted by molar-refractivity contribution is 5.92. The van der Waals surface area contributed by atoms with Gasteiger partial charge in [-0.1, -0.05) is 6.07 Å². The van der Waals surface area contributed by atoms with Gasteiger partial charge in [-0.05, 0) is 18.2 Å². The fourth-order valence-corrected chi connectivity index (χ4v) is 2.07. The first kappa shape index (κ1) is 13.0. The van der Waals surface area contributed by atoms with Gasteiger partial charge in [-0.3, -0.25) is 14.5 Å². The molecule has 0 aromatic carbocycles. The molecule has 3 aromatic heterocycles. The fraction of sp³-hybridized carbons (Fsp3) is 0.143. The molecule has 3 rings (SSSR count). The Kier molecular flexibility index (Phi) is 3.23. The van der Waals surface area contributed by atoms with Gasteiger partial charge in [-0.15, -0.1) is 0 Å². The first-order valence-electron chi connectivity index (χ1n) is 6.39. The molecule has 7 nitrogen and oxygen atoms in total. The zero-order valence-corrected chi connectivity index (χ0v) is 11.5. The normalized spacial score (nSPS) is 10.7. The largest absolute Gasteiger partial charge is 0.364 e. The topological polar surface area (TPSA) is 91.6 Å². The molecule has 0 atom stereocenters. The summed E-state index contributed by atoms with van der Waals surface area (Å²) in [6, 6.07) is 7.18. The highest BCUT2D eigenvalue weighted by atomic mass is 16.1. The molecule has 0 aliphatic heterocycles. The molecule has 0 bridgehead atoms. The van der Waals surface area contributed by atoms with Gasteiger partial charge in [0.25, 0.3) is 5.91 Å². The molecular formula is C14H14N6O. The van der Waals surface area contributed by atoms with E-state index in [1.165, 1.54) is 0 Å². The number of nitrogens with zero attached hydrogens (tertiary/aromatic N) is 5. The number of primary amides is 1. The van der Waals surface area contributed by atoms with Gasteiger partial charge in [0.2, 0.25) is 0 Å². The van der Waals surface area contributed by atoms with Crippen molar-refractivity contribution < 1.29 is 4.79 Å². The minimum atomic E-state index is -0.521. The molecule has 1 amide bonds. The van der Waals surface area contributed by atoms with E-state index in [2.05, 4.69) is 15.1 Å². The maximum atomic E-state index is 11.6. The Hall–Kier alpha value is -2.96. The van der Waals surface area contributed by atoms with Crippen LogP contribution in [-0.4, -0.2) is 30.2 Å². The number of hydrogen-bond donors (Lipinski definition) is 1. The molecule has 0 unspecified atom stereocenters. The molecule has 0 saturated heterocycles. The molecule has 0 aliphatic rings. The molecular weight excluding hydrogens is 268 g/mol. The second-order valence-electron chi connectivity index (χ2n) is 4.65. The number of pyridine rings is 1. The van der Waals surface area contributed by atoms with E-state index in [1.54, 1.807) is 29.5 Å². The van der Waals surface area contributed by atoms with Crippen LogP contribution in [0.4, 0.5) is 0 Å². The molecule has 3 aromatic rings. The summed E-state index contributed by atoms with van der Waals surface area (Å²) in [5, 5.41) is 4.43. The molecule has 21 heavy (non-hydrogen) atoms. The summed E-state index contributed by atoms with van der Waals surface area (Å²) in [4.78, 5) is 19.9. The van der Waals surface area contributed by atoms with E-state index in [0.29, 0.717) is 23.6 Å². The van der Waals surface area contributed by atoms with Crippen molar-refractivity contribution in [2.45, 2.75) is 6.54 Å². The first-order valence-corrected chi connectivity index (χ1v) is 6.39. The van der Waals surface area contributed by atoms with Gasteiger partial charge in [0.15, 0.2) is 0 Å². The van der Waals surface area contributed by atoms with Crippen molar-refractivity contribution in [3.8, 4) is 11.4 Å². The number of amides is 1. The second kappa shape index (κ2) is 5.20. The molecule has 0 spiro atoms. The van der Waals surface area contributed by atoms with Crippen molar-refractivity contribution in [2.75, 3.05) is 0 Å². The Morgan fingerprint density at radius 1 is 1.33 bits per heavy atom. The van der Waals surface area contributed by atoms with E-state index in [-0.39, 0.29) is 0 Å². The minimum absolute atomic E-state index is 0.344. The quantitative estimate of drug-likeness (QED) is 0.767. The number of aromatic nitrogens is 5. The molecule has 3 heterocycles. The van der Waals surface area contributed by atoms with Crippen molar-refractivity contribution >= 4 is 5.91 Å². The number of imidazole rings is 1. The van der Waals surface area contributed by atoms with E-state index in [9.17, 15) is 4.79 Å². The Labute approximate surface area is 121 Å². The Morgan fingerprint density at radius 2 is 2.19 bits per heavy atom. The number of aryl methyl sites for hydroxylation is 1. The maximum absolute atomic E-state index is 11.6. The van der Waals surface area contributed by atoms with Crippen LogP contribution in [-0.2, 0) is 13.6 Å². The van der Waals surface area contributed by atoms with Crippen molar-refractivity contribution in [2.24, 2.45) is 12.8 Å². The Balaban J connectivity index is 2.01. The van der Waals surface area contributed by atoms with Crippen molar-refractivity contribution in [1.82, 2.24) is 24.3 Å². The van der Waals surface area contributed by atoms with E-state index in [1.807, 2.05) is 29.8 Å². The zero-order valence-electron chi connectivity index (χ0n) is 11.5. The van der Waals surface area contributed by atoms with Crippen LogP contribution >= 0.6 is 0 Å². The smallest absolute Gasteiger partial charge is 0.267 e. The van der Waals surface area contributed by atoms with E-state index in [4.69, 9.17) is 5.73 Å². The van der Waals surface area contributed by atoms with Crippen LogP contribution < -0.4 is 5.73 Å². The lowest BCUT2D eigenvalue weighted by Crippen LogP contribution is -2.18. The lowest BCUT2D eigenvalue weighted by Gasteiger charge is -2.05.